The summed E-state index contributed by atoms with van der Waals surface area (Å²) < 4.78 is 52.7. The molecule has 1 aromatic carbocycles. The Bertz CT molecular complexity index is 761. The summed E-state index contributed by atoms with van der Waals surface area (Å²) in [6, 6.07) is 6.15. The molecular formula is C14H22N2O6S2. The highest BCUT2D eigenvalue weighted by molar-refractivity contribution is 7.90. The number of rotatable bonds is 7. The maximum Gasteiger partial charge on any atom is 0.208 e. The van der Waals surface area contributed by atoms with E-state index in [-0.39, 0.29) is 24.1 Å². The van der Waals surface area contributed by atoms with Crippen molar-refractivity contribution in [2.75, 3.05) is 25.7 Å². The van der Waals surface area contributed by atoms with Crippen LogP contribution in [0.3, 0.4) is 0 Å². The molecule has 0 aromatic heterocycles. The lowest BCUT2D eigenvalue weighted by molar-refractivity contribution is 0.0444. The summed E-state index contributed by atoms with van der Waals surface area (Å²) in [5.41, 5.74) is 0.868. The molecular weight excluding hydrogens is 356 g/mol. The van der Waals surface area contributed by atoms with Crippen LogP contribution in [0.5, 0.6) is 0 Å². The number of sulfone groups is 1. The number of benzene rings is 1. The number of aliphatic hydroxyl groups is 1. The summed E-state index contributed by atoms with van der Waals surface area (Å²) >= 11 is 0. The van der Waals surface area contributed by atoms with Gasteiger partial charge in [0.2, 0.25) is 10.0 Å². The second-order valence-electron chi connectivity index (χ2n) is 5.89. The molecule has 1 aliphatic rings. The standard InChI is InChI=1S/C14H22N2O6S2/c1-23(18,19)11-5-3-10(4-6-11)7-15-12-9-22-13(14(12)17)8-16-24(2,20)21/h3-6,12-17H,7-9H2,1-2H3/t12-,13-,14+/m1/s1. The molecule has 1 fully saturated rings. The van der Waals surface area contributed by atoms with E-state index in [4.69, 9.17) is 4.74 Å². The molecule has 3 N–H and O–H groups in total. The van der Waals surface area contributed by atoms with Gasteiger partial charge in [-0.05, 0) is 17.7 Å². The highest BCUT2D eigenvalue weighted by atomic mass is 32.2. The molecule has 1 saturated heterocycles. The van der Waals surface area contributed by atoms with Gasteiger partial charge < -0.3 is 15.2 Å². The highest BCUT2D eigenvalue weighted by Crippen LogP contribution is 2.15. The monoisotopic (exact) mass is 378 g/mol. The van der Waals surface area contributed by atoms with Gasteiger partial charge in [0.25, 0.3) is 0 Å². The highest BCUT2D eigenvalue weighted by Gasteiger charge is 2.35. The zero-order valence-corrected chi connectivity index (χ0v) is 15.1. The van der Waals surface area contributed by atoms with Gasteiger partial charge in [-0.15, -0.1) is 0 Å². The summed E-state index contributed by atoms with van der Waals surface area (Å²) in [7, 11) is -6.56. The van der Waals surface area contributed by atoms with Gasteiger partial charge in [-0.3, -0.25) is 0 Å². The molecule has 0 spiro atoms. The second-order valence-corrected chi connectivity index (χ2v) is 9.74. The molecule has 24 heavy (non-hydrogen) atoms. The smallest absolute Gasteiger partial charge is 0.208 e. The molecule has 1 aromatic rings. The molecule has 136 valence electrons. The molecule has 10 heteroatoms. The predicted molar refractivity (Wildman–Crippen MR) is 88.8 cm³/mol. The van der Waals surface area contributed by atoms with Crippen molar-refractivity contribution >= 4 is 19.9 Å². The molecule has 3 atom stereocenters. The largest absolute Gasteiger partial charge is 0.389 e. The van der Waals surface area contributed by atoms with Crippen molar-refractivity contribution in [3.8, 4) is 0 Å². The maximum atomic E-state index is 11.4. The van der Waals surface area contributed by atoms with Crippen LogP contribution in [0.2, 0.25) is 0 Å². The van der Waals surface area contributed by atoms with Crippen molar-refractivity contribution in [1.29, 1.82) is 0 Å². The van der Waals surface area contributed by atoms with Crippen LogP contribution in [-0.4, -0.2) is 65.9 Å². The normalized spacial score (nSPS) is 25.0. The Balaban J connectivity index is 1.86. The van der Waals surface area contributed by atoms with Crippen LogP contribution in [0.15, 0.2) is 29.2 Å². The Kier molecular flexibility index (Phi) is 6.00. The summed E-state index contributed by atoms with van der Waals surface area (Å²) in [5.74, 6) is 0. The number of aliphatic hydroxyl groups excluding tert-OH is 1. The first-order valence-corrected chi connectivity index (χ1v) is 11.1. The van der Waals surface area contributed by atoms with E-state index in [1.807, 2.05) is 0 Å². The van der Waals surface area contributed by atoms with Gasteiger partial charge in [0.15, 0.2) is 9.84 Å². The predicted octanol–water partition coefficient (Wildman–Crippen LogP) is -1.14. The molecule has 0 radical (unpaired) electrons. The molecule has 0 unspecified atom stereocenters. The van der Waals surface area contributed by atoms with Crippen molar-refractivity contribution in [3.63, 3.8) is 0 Å². The average molecular weight is 378 g/mol. The summed E-state index contributed by atoms with van der Waals surface area (Å²) in [6.45, 7) is 0.710. The van der Waals surface area contributed by atoms with Crippen LogP contribution >= 0.6 is 0 Å². The third-order valence-electron chi connectivity index (χ3n) is 3.75. The van der Waals surface area contributed by atoms with Crippen LogP contribution in [0, 0.1) is 0 Å². The lowest BCUT2D eigenvalue weighted by Crippen LogP contribution is -2.44. The van der Waals surface area contributed by atoms with Crippen LogP contribution in [0.1, 0.15) is 5.56 Å². The average Bonchev–Trinajstić information content (AvgIpc) is 2.82. The topological polar surface area (TPSA) is 122 Å². The Labute approximate surface area is 142 Å². The van der Waals surface area contributed by atoms with Crippen molar-refractivity contribution in [2.24, 2.45) is 0 Å². The fourth-order valence-electron chi connectivity index (χ4n) is 2.38. The SMILES string of the molecule is CS(=O)(=O)NC[C@H]1OC[C@@H](NCc2ccc(S(C)(=O)=O)cc2)[C@@H]1O. The quantitative estimate of drug-likeness (QED) is 0.548. The number of hydrogen-bond acceptors (Lipinski definition) is 7. The van der Waals surface area contributed by atoms with E-state index in [2.05, 4.69) is 10.0 Å². The lowest BCUT2D eigenvalue weighted by Gasteiger charge is -2.18. The molecule has 0 aliphatic carbocycles. The summed E-state index contributed by atoms with van der Waals surface area (Å²) in [4.78, 5) is 0.252. The lowest BCUT2D eigenvalue weighted by atomic mass is 10.1. The third kappa shape index (κ3) is 5.50. The molecule has 1 aliphatic heterocycles. The fourth-order valence-corrected chi connectivity index (χ4v) is 3.48. The van der Waals surface area contributed by atoms with Gasteiger partial charge in [-0.1, -0.05) is 12.1 Å². The third-order valence-corrected chi connectivity index (χ3v) is 5.57. The van der Waals surface area contributed by atoms with Gasteiger partial charge in [0.05, 0.1) is 36.0 Å². The van der Waals surface area contributed by atoms with Crippen LogP contribution in [0.4, 0.5) is 0 Å². The van der Waals surface area contributed by atoms with E-state index < -0.39 is 32.1 Å². The van der Waals surface area contributed by atoms with Crippen molar-refractivity contribution in [1.82, 2.24) is 10.0 Å². The first-order valence-electron chi connectivity index (χ1n) is 7.33. The Morgan fingerprint density at radius 3 is 2.33 bits per heavy atom. The molecule has 0 amide bonds. The minimum atomic E-state index is -3.33. The van der Waals surface area contributed by atoms with Gasteiger partial charge in [0.1, 0.15) is 0 Å². The van der Waals surface area contributed by atoms with Crippen molar-refractivity contribution in [3.05, 3.63) is 29.8 Å². The molecule has 8 nitrogen and oxygen atoms in total. The first kappa shape index (κ1) is 19.3. The van der Waals surface area contributed by atoms with E-state index in [1.165, 1.54) is 12.1 Å². The fraction of sp³-hybridized carbons (Fsp3) is 0.571. The first-order chi connectivity index (χ1) is 11.1. The summed E-state index contributed by atoms with van der Waals surface area (Å²) in [5, 5.41) is 13.3. The zero-order chi connectivity index (χ0) is 18.0. The van der Waals surface area contributed by atoms with Crippen LogP contribution in [0.25, 0.3) is 0 Å². The molecule has 0 bridgehead atoms. The van der Waals surface area contributed by atoms with Gasteiger partial charge in [0, 0.05) is 19.3 Å². The van der Waals surface area contributed by atoms with Gasteiger partial charge >= 0.3 is 0 Å². The van der Waals surface area contributed by atoms with E-state index >= 15 is 0 Å². The maximum absolute atomic E-state index is 11.4. The van der Waals surface area contributed by atoms with Crippen molar-refractivity contribution < 1.29 is 26.7 Å². The van der Waals surface area contributed by atoms with Gasteiger partial charge in [-0.2, -0.15) is 0 Å². The molecule has 1 heterocycles. The number of sulfonamides is 1. The Morgan fingerprint density at radius 1 is 1.17 bits per heavy atom. The second kappa shape index (κ2) is 7.46. The number of nitrogens with one attached hydrogen (secondary N) is 2. The van der Waals surface area contributed by atoms with Gasteiger partial charge in [-0.25, -0.2) is 21.6 Å². The van der Waals surface area contributed by atoms with Crippen molar-refractivity contribution in [2.45, 2.75) is 29.7 Å². The van der Waals surface area contributed by atoms with E-state index in [0.717, 1.165) is 18.1 Å². The zero-order valence-electron chi connectivity index (χ0n) is 13.5. The summed E-state index contributed by atoms with van der Waals surface area (Å²) in [6.07, 6.45) is 0.751. The van der Waals surface area contributed by atoms with Crippen LogP contribution < -0.4 is 10.0 Å². The Hall–Kier alpha value is -1.04. The molecule has 0 saturated carbocycles. The number of ether oxygens (including phenoxy) is 1. The minimum Gasteiger partial charge on any atom is -0.389 e. The molecule has 2 rings (SSSR count). The number of hydrogen-bond donors (Lipinski definition) is 3. The minimum absolute atomic E-state index is 0.0151. The van der Waals surface area contributed by atoms with E-state index in [1.54, 1.807) is 12.1 Å². The Morgan fingerprint density at radius 2 is 1.79 bits per heavy atom. The van der Waals surface area contributed by atoms with E-state index in [9.17, 15) is 21.9 Å². The van der Waals surface area contributed by atoms with Crippen LogP contribution in [-0.2, 0) is 31.1 Å². The van der Waals surface area contributed by atoms with E-state index in [0.29, 0.717) is 6.54 Å².